The van der Waals surface area contributed by atoms with Gasteiger partial charge in [-0.25, -0.2) is 4.79 Å². The molecule has 25 heavy (non-hydrogen) atoms. The van der Waals surface area contributed by atoms with Crippen LogP contribution < -0.4 is 10.1 Å². The van der Waals surface area contributed by atoms with Gasteiger partial charge in [-0.1, -0.05) is 29.3 Å². The summed E-state index contributed by atoms with van der Waals surface area (Å²) in [5.74, 6) is -1.70. The minimum Gasteiger partial charge on any atom is -0.452 e. The van der Waals surface area contributed by atoms with Crippen LogP contribution in [0.4, 0.5) is 14.5 Å². The largest absolute Gasteiger partial charge is 0.452 e. The number of alkyl halides is 2. The van der Waals surface area contributed by atoms with Crippen molar-refractivity contribution in [3.8, 4) is 5.75 Å². The molecule has 1 N–H and O–H groups in total. The third-order valence-electron chi connectivity index (χ3n) is 2.83. The Kier molecular flexibility index (Phi) is 6.55. The van der Waals surface area contributed by atoms with Gasteiger partial charge >= 0.3 is 12.6 Å². The van der Waals surface area contributed by atoms with E-state index in [0.717, 1.165) is 6.07 Å². The summed E-state index contributed by atoms with van der Waals surface area (Å²) >= 11 is 11.7. The third-order valence-corrected chi connectivity index (χ3v) is 3.40. The van der Waals surface area contributed by atoms with Crippen LogP contribution >= 0.6 is 23.2 Å². The summed E-state index contributed by atoms with van der Waals surface area (Å²) in [5, 5.41) is 3.07. The van der Waals surface area contributed by atoms with Gasteiger partial charge in [-0.3, -0.25) is 4.79 Å². The maximum Gasteiger partial charge on any atom is 0.387 e. The molecule has 0 aliphatic heterocycles. The van der Waals surface area contributed by atoms with Crippen LogP contribution in [0, 0.1) is 0 Å². The van der Waals surface area contributed by atoms with Gasteiger partial charge in [0.05, 0.1) is 16.3 Å². The Morgan fingerprint density at radius 1 is 1.12 bits per heavy atom. The second-order valence-corrected chi connectivity index (χ2v) is 5.50. The first-order chi connectivity index (χ1) is 11.8. The van der Waals surface area contributed by atoms with Crippen molar-refractivity contribution in [2.45, 2.75) is 6.61 Å². The Bertz CT molecular complexity index is 786. The highest BCUT2D eigenvalue weighted by Gasteiger charge is 2.13. The number of esters is 1. The van der Waals surface area contributed by atoms with Crippen molar-refractivity contribution in [2.75, 3.05) is 11.9 Å². The highest BCUT2D eigenvalue weighted by molar-refractivity contribution is 6.35. The number of benzene rings is 2. The molecule has 0 aliphatic rings. The van der Waals surface area contributed by atoms with Crippen LogP contribution in [0.5, 0.6) is 5.75 Å². The molecule has 0 saturated heterocycles. The topological polar surface area (TPSA) is 64.6 Å². The Balaban J connectivity index is 1.93. The molecule has 1 amide bonds. The molecule has 5 nitrogen and oxygen atoms in total. The second kappa shape index (κ2) is 8.64. The second-order valence-electron chi connectivity index (χ2n) is 4.65. The quantitative estimate of drug-likeness (QED) is 0.744. The van der Waals surface area contributed by atoms with Crippen molar-refractivity contribution in [1.29, 1.82) is 0 Å². The molecule has 2 rings (SSSR count). The standard InChI is InChI=1S/C16H11Cl2F2NO4/c17-10-4-5-12(18)13(7-10)21-14(22)8-24-15(23)9-2-1-3-11(6-9)25-16(19)20/h1-7,16H,8H2,(H,21,22). The Morgan fingerprint density at radius 3 is 2.60 bits per heavy atom. The van der Waals surface area contributed by atoms with Gasteiger partial charge in [-0.15, -0.1) is 0 Å². The lowest BCUT2D eigenvalue weighted by atomic mass is 10.2. The lowest BCUT2D eigenvalue weighted by Crippen LogP contribution is -2.21. The SMILES string of the molecule is O=C(COC(=O)c1cccc(OC(F)F)c1)Nc1cc(Cl)ccc1Cl. The predicted octanol–water partition coefficient (Wildman–Crippen LogP) is 4.39. The van der Waals surface area contributed by atoms with E-state index in [-0.39, 0.29) is 22.0 Å². The average molecular weight is 390 g/mol. The number of halogens is 4. The number of carbonyl (C=O) groups is 2. The summed E-state index contributed by atoms with van der Waals surface area (Å²) in [7, 11) is 0. The Morgan fingerprint density at radius 2 is 1.88 bits per heavy atom. The zero-order chi connectivity index (χ0) is 18.4. The van der Waals surface area contributed by atoms with Crippen molar-refractivity contribution in [3.63, 3.8) is 0 Å². The molecule has 0 atom stereocenters. The van der Waals surface area contributed by atoms with E-state index in [9.17, 15) is 18.4 Å². The predicted molar refractivity (Wildman–Crippen MR) is 88.4 cm³/mol. The van der Waals surface area contributed by atoms with Gasteiger partial charge in [0.1, 0.15) is 5.75 Å². The zero-order valence-corrected chi connectivity index (χ0v) is 14.0. The highest BCUT2D eigenvalue weighted by atomic mass is 35.5. The first-order valence-electron chi connectivity index (χ1n) is 6.82. The van der Waals surface area contributed by atoms with Crippen molar-refractivity contribution >= 4 is 40.8 Å². The number of hydrogen-bond acceptors (Lipinski definition) is 4. The van der Waals surface area contributed by atoms with E-state index in [4.69, 9.17) is 27.9 Å². The number of ether oxygens (including phenoxy) is 2. The van der Waals surface area contributed by atoms with E-state index in [1.807, 2.05) is 0 Å². The molecule has 0 bridgehead atoms. The van der Waals surface area contributed by atoms with Gasteiger partial charge in [-0.2, -0.15) is 8.78 Å². The minimum atomic E-state index is -3.01. The summed E-state index contributed by atoms with van der Waals surface area (Å²) in [6.07, 6.45) is 0. The maximum absolute atomic E-state index is 12.2. The normalized spacial score (nSPS) is 10.4. The molecule has 0 aromatic heterocycles. The average Bonchev–Trinajstić information content (AvgIpc) is 2.55. The van der Waals surface area contributed by atoms with Crippen LogP contribution in [0.15, 0.2) is 42.5 Å². The van der Waals surface area contributed by atoms with Crippen LogP contribution in [0.2, 0.25) is 10.0 Å². The molecule has 0 heterocycles. The van der Waals surface area contributed by atoms with Crippen molar-refractivity contribution in [3.05, 3.63) is 58.1 Å². The summed E-state index contributed by atoms with van der Waals surface area (Å²) in [6, 6.07) is 9.52. The van der Waals surface area contributed by atoms with Gasteiger partial charge in [0, 0.05) is 5.02 Å². The lowest BCUT2D eigenvalue weighted by molar-refractivity contribution is -0.119. The van der Waals surface area contributed by atoms with E-state index in [2.05, 4.69) is 10.1 Å². The first kappa shape index (κ1) is 19.0. The number of hydrogen-bond donors (Lipinski definition) is 1. The van der Waals surface area contributed by atoms with Gasteiger partial charge in [-0.05, 0) is 36.4 Å². The van der Waals surface area contributed by atoms with E-state index in [1.165, 1.54) is 30.3 Å². The van der Waals surface area contributed by atoms with Crippen molar-refractivity contribution in [1.82, 2.24) is 0 Å². The monoisotopic (exact) mass is 389 g/mol. The first-order valence-corrected chi connectivity index (χ1v) is 7.57. The number of amides is 1. The van der Waals surface area contributed by atoms with Gasteiger partial charge < -0.3 is 14.8 Å². The van der Waals surface area contributed by atoms with Crippen molar-refractivity contribution < 1.29 is 27.8 Å². The van der Waals surface area contributed by atoms with Crippen LogP contribution in [-0.4, -0.2) is 25.1 Å². The fourth-order valence-corrected chi connectivity index (χ4v) is 2.13. The summed E-state index contributed by atoms with van der Waals surface area (Å²) in [5.41, 5.74) is 0.231. The smallest absolute Gasteiger partial charge is 0.387 e. The fraction of sp³-hybridized carbons (Fsp3) is 0.125. The maximum atomic E-state index is 12.2. The Hall–Kier alpha value is -2.38. The summed E-state index contributed by atoms with van der Waals surface area (Å²) < 4.78 is 33.3. The van der Waals surface area contributed by atoms with Crippen LogP contribution in [0.25, 0.3) is 0 Å². The summed E-state index contributed by atoms with van der Waals surface area (Å²) in [4.78, 5) is 23.7. The Labute approximate surface area is 151 Å². The molecule has 132 valence electrons. The molecule has 0 radical (unpaired) electrons. The van der Waals surface area contributed by atoms with Crippen LogP contribution in [0.3, 0.4) is 0 Å². The minimum absolute atomic E-state index is 0.0354. The van der Waals surface area contributed by atoms with E-state index >= 15 is 0 Å². The van der Waals surface area contributed by atoms with E-state index < -0.39 is 25.1 Å². The zero-order valence-electron chi connectivity index (χ0n) is 12.5. The summed E-state index contributed by atoms with van der Waals surface area (Å²) in [6.45, 7) is -3.61. The lowest BCUT2D eigenvalue weighted by Gasteiger charge is -2.09. The molecule has 0 spiro atoms. The fourth-order valence-electron chi connectivity index (χ4n) is 1.79. The molecule has 2 aromatic carbocycles. The van der Waals surface area contributed by atoms with Crippen molar-refractivity contribution in [2.24, 2.45) is 0 Å². The van der Waals surface area contributed by atoms with Gasteiger partial charge in [0.15, 0.2) is 6.61 Å². The molecule has 0 unspecified atom stereocenters. The van der Waals surface area contributed by atoms with Gasteiger partial charge in [0.25, 0.3) is 5.91 Å². The van der Waals surface area contributed by atoms with E-state index in [0.29, 0.717) is 5.02 Å². The number of anilines is 1. The molecular formula is C16H11Cl2F2NO4. The highest BCUT2D eigenvalue weighted by Crippen LogP contribution is 2.25. The number of nitrogens with one attached hydrogen (secondary N) is 1. The van der Waals surface area contributed by atoms with E-state index in [1.54, 1.807) is 6.07 Å². The molecule has 0 saturated carbocycles. The molecule has 0 aliphatic carbocycles. The van der Waals surface area contributed by atoms with Gasteiger partial charge in [0.2, 0.25) is 0 Å². The molecule has 2 aromatic rings. The van der Waals surface area contributed by atoms with Crippen LogP contribution in [-0.2, 0) is 9.53 Å². The molecule has 0 fully saturated rings. The molecular weight excluding hydrogens is 379 g/mol. The number of carbonyl (C=O) groups excluding carboxylic acids is 2. The third kappa shape index (κ3) is 5.88. The number of rotatable bonds is 6. The van der Waals surface area contributed by atoms with Crippen LogP contribution in [0.1, 0.15) is 10.4 Å². The molecule has 9 heteroatoms.